The Morgan fingerprint density at radius 3 is 2.47 bits per heavy atom. The Bertz CT molecular complexity index is 818. The fourth-order valence-corrected chi connectivity index (χ4v) is 4.10. The second-order valence-corrected chi connectivity index (χ2v) is 8.13. The normalized spacial score (nSPS) is 18.4. The Hall–Kier alpha value is -1.69. The molecule has 2 saturated heterocycles. The lowest BCUT2D eigenvalue weighted by Crippen LogP contribution is -2.52. The van der Waals surface area contributed by atoms with Crippen molar-refractivity contribution in [2.24, 2.45) is 4.99 Å². The number of aromatic nitrogens is 1. The van der Waals surface area contributed by atoms with Crippen LogP contribution in [-0.4, -0.2) is 84.8 Å². The van der Waals surface area contributed by atoms with Crippen molar-refractivity contribution in [3.05, 3.63) is 53.4 Å². The molecule has 32 heavy (non-hydrogen) atoms. The van der Waals surface area contributed by atoms with Gasteiger partial charge in [0.05, 0.1) is 25.5 Å². The van der Waals surface area contributed by atoms with Gasteiger partial charge >= 0.3 is 0 Å². The van der Waals surface area contributed by atoms with E-state index in [1.807, 2.05) is 6.07 Å². The van der Waals surface area contributed by atoms with Gasteiger partial charge in [-0.3, -0.25) is 9.80 Å². The van der Waals surface area contributed by atoms with Crippen molar-refractivity contribution in [3.8, 4) is 0 Å². The maximum atomic E-state index is 5.46. The SMILES string of the molecule is CCNC(=NCc1cccc(CN2CCOCC2)c1)N1CCN(Cc2ccon2)CC1.I. The van der Waals surface area contributed by atoms with E-state index in [-0.39, 0.29) is 24.0 Å². The lowest BCUT2D eigenvalue weighted by atomic mass is 10.1. The zero-order chi connectivity index (χ0) is 21.3. The fourth-order valence-electron chi connectivity index (χ4n) is 4.10. The van der Waals surface area contributed by atoms with E-state index in [1.165, 1.54) is 11.1 Å². The number of guanidine groups is 1. The Balaban J connectivity index is 0.00000289. The molecule has 2 aliphatic heterocycles. The molecule has 8 nitrogen and oxygen atoms in total. The number of ether oxygens (including phenoxy) is 1. The summed E-state index contributed by atoms with van der Waals surface area (Å²) in [5.74, 6) is 1.00. The molecular weight excluding hydrogens is 519 g/mol. The van der Waals surface area contributed by atoms with Crippen LogP contribution in [0.3, 0.4) is 0 Å². The summed E-state index contributed by atoms with van der Waals surface area (Å²) in [4.78, 5) is 12.2. The molecule has 0 unspecified atom stereocenters. The molecule has 0 radical (unpaired) electrons. The standard InChI is InChI=1S/C23H34N6O2.HI/c1-2-24-23(29-9-7-27(8-10-29)19-22-6-13-31-26-22)25-17-20-4-3-5-21(16-20)18-28-11-14-30-15-12-28;/h3-6,13,16H,2,7-12,14-15,17-19H2,1H3,(H,24,25);1H. The first-order valence-corrected chi connectivity index (χ1v) is 11.3. The molecule has 2 fully saturated rings. The van der Waals surface area contributed by atoms with Crippen LogP contribution in [0.15, 0.2) is 46.1 Å². The van der Waals surface area contributed by atoms with Crippen LogP contribution in [0.25, 0.3) is 0 Å². The lowest BCUT2D eigenvalue weighted by Gasteiger charge is -2.36. The van der Waals surface area contributed by atoms with Crippen LogP contribution in [0, 0.1) is 0 Å². The van der Waals surface area contributed by atoms with Crippen LogP contribution in [0.4, 0.5) is 0 Å². The van der Waals surface area contributed by atoms with Gasteiger partial charge in [0.25, 0.3) is 0 Å². The van der Waals surface area contributed by atoms with E-state index in [1.54, 1.807) is 6.26 Å². The van der Waals surface area contributed by atoms with E-state index in [2.05, 4.69) is 56.4 Å². The summed E-state index contributed by atoms with van der Waals surface area (Å²) in [6.07, 6.45) is 1.64. The highest BCUT2D eigenvalue weighted by Crippen LogP contribution is 2.12. The highest BCUT2D eigenvalue weighted by atomic mass is 127. The smallest absolute Gasteiger partial charge is 0.194 e. The highest BCUT2D eigenvalue weighted by molar-refractivity contribution is 14.0. The molecule has 0 bridgehead atoms. The summed E-state index contributed by atoms with van der Waals surface area (Å²) in [6.45, 7) is 13.1. The molecule has 0 amide bonds. The minimum Gasteiger partial charge on any atom is -0.379 e. The van der Waals surface area contributed by atoms with E-state index in [0.29, 0.717) is 6.54 Å². The predicted molar refractivity (Wildman–Crippen MR) is 136 cm³/mol. The summed E-state index contributed by atoms with van der Waals surface area (Å²) in [5.41, 5.74) is 3.60. The van der Waals surface area contributed by atoms with E-state index in [0.717, 1.165) is 83.8 Å². The first-order chi connectivity index (χ1) is 15.3. The van der Waals surface area contributed by atoms with Gasteiger partial charge in [-0.25, -0.2) is 4.99 Å². The van der Waals surface area contributed by atoms with E-state index < -0.39 is 0 Å². The minimum absolute atomic E-state index is 0. The monoisotopic (exact) mass is 554 g/mol. The Morgan fingerprint density at radius 2 is 1.75 bits per heavy atom. The van der Waals surface area contributed by atoms with E-state index >= 15 is 0 Å². The van der Waals surface area contributed by atoms with Crippen molar-refractivity contribution in [1.82, 2.24) is 25.2 Å². The van der Waals surface area contributed by atoms with Gasteiger partial charge in [-0.05, 0) is 18.1 Å². The van der Waals surface area contributed by atoms with E-state index in [9.17, 15) is 0 Å². The molecule has 0 saturated carbocycles. The molecule has 4 rings (SSSR count). The highest BCUT2D eigenvalue weighted by Gasteiger charge is 2.20. The van der Waals surface area contributed by atoms with Crippen molar-refractivity contribution in [2.45, 2.75) is 26.6 Å². The van der Waals surface area contributed by atoms with Gasteiger partial charge < -0.3 is 19.5 Å². The molecule has 0 spiro atoms. The molecule has 176 valence electrons. The molecule has 2 aliphatic rings. The largest absolute Gasteiger partial charge is 0.379 e. The topological polar surface area (TPSA) is 69.4 Å². The number of hydrogen-bond acceptors (Lipinski definition) is 6. The van der Waals surface area contributed by atoms with Gasteiger partial charge in [0.1, 0.15) is 6.26 Å². The Morgan fingerprint density at radius 1 is 1.00 bits per heavy atom. The molecule has 0 aliphatic carbocycles. The Labute approximate surface area is 208 Å². The predicted octanol–water partition coefficient (Wildman–Crippen LogP) is 2.41. The molecule has 3 heterocycles. The molecule has 2 aromatic rings. The number of benzene rings is 1. The van der Waals surface area contributed by atoms with Crippen LogP contribution in [0.2, 0.25) is 0 Å². The molecule has 1 N–H and O–H groups in total. The molecule has 1 aromatic heterocycles. The number of aliphatic imine (C=N–C) groups is 1. The summed E-state index contributed by atoms with van der Waals surface area (Å²) >= 11 is 0. The Kier molecular flexibility index (Phi) is 10.2. The lowest BCUT2D eigenvalue weighted by molar-refractivity contribution is 0.0342. The molecule has 9 heteroatoms. The third kappa shape index (κ3) is 7.43. The first kappa shape index (κ1) is 24.9. The number of nitrogens with one attached hydrogen (secondary N) is 1. The van der Waals surface area contributed by atoms with Crippen molar-refractivity contribution in [1.29, 1.82) is 0 Å². The van der Waals surface area contributed by atoms with Crippen molar-refractivity contribution >= 4 is 29.9 Å². The van der Waals surface area contributed by atoms with Crippen LogP contribution >= 0.6 is 24.0 Å². The van der Waals surface area contributed by atoms with Gasteiger partial charge in [0.15, 0.2) is 5.96 Å². The average Bonchev–Trinajstić information content (AvgIpc) is 3.31. The van der Waals surface area contributed by atoms with E-state index in [4.69, 9.17) is 14.3 Å². The third-order valence-corrected chi connectivity index (χ3v) is 5.80. The molecule has 1 aromatic carbocycles. The van der Waals surface area contributed by atoms with Crippen LogP contribution in [0.1, 0.15) is 23.7 Å². The quantitative estimate of drug-likeness (QED) is 0.321. The summed E-state index contributed by atoms with van der Waals surface area (Å²) < 4.78 is 10.4. The van der Waals surface area contributed by atoms with Gasteiger partial charge in [-0.1, -0.05) is 29.4 Å². The zero-order valence-corrected chi connectivity index (χ0v) is 21.2. The number of piperazine rings is 1. The van der Waals surface area contributed by atoms with Crippen LogP contribution in [0.5, 0.6) is 0 Å². The maximum absolute atomic E-state index is 5.46. The number of morpholine rings is 1. The summed E-state index contributed by atoms with van der Waals surface area (Å²) in [7, 11) is 0. The average molecular weight is 554 g/mol. The van der Waals surface area contributed by atoms with Crippen LogP contribution < -0.4 is 5.32 Å². The van der Waals surface area contributed by atoms with Gasteiger partial charge in [0.2, 0.25) is 0 Å². The summed E-state index contributed by atoms with van der Waals surface area (Å²) in [6, 6.07) is 10.8. The zero-order valence-electron chi connectivity index (χ0n) is 18.9. The maximum Gasteiger partial charge on any atom is 0.194 e. The van der Waals surface area contributed by atoms with Gasteiger partial charge in [0, 0.05) is 65.0 Å². The number of halogens is 1. The second kappa shape index (κ2) is 13.1. The minimum atomic E-state index is 0. The molecule has 0 atom stereocenters. The number of hydrogen-bond donors (Lipinski definition) is 1. The number of rotatable bonds is 7. The second-order valence-electron chi connectivity index (χ2n) is 8.13. The van der Waals surface area contributed by atoms with Gasteiger partial charge in [-0.15, -0.1) is 24.0 Å². The van der Waals surface area contributed by atoms with Crippen LogP contribution in [-0.2, 0) is 24.4 Å². The van der Waals surface area contributed by atoms with Crippen molar-refractivity contribution in [3.63, 3.8) is 0 Å². The van der Waals surface area contributed by atoms with Crippen molar-refractivity contribution in [2.75, 3.05) is 59.0 Å². The van der Waals surface area contributed by atoms with Crippen molar-refractivity contribution < 1.29 is 9.26 Å². The number of nitrogens with zero attached hydrogens (tertiary/aromatic N) is 5. The third-order valence-electron chi connectivity index (χ3n) is 5.80. The molecular formula is C23H35IN6O2. The van der Waals surface area contributed by atoms with Gasteiger partial charge in [-0.2, -0.15) is 0 Å². The summed E-state index contributed by atoms with van der Waals surface area (Å²) in [5, 5.41) is 7.50. The first-order valence-electron chi connectivity index (χ1n) is 11.3. The fraction of sp³-hybridized carbons (Fsp3) is 0.565.